The number of rotatable bonds is 4. The lowest BCUT2D eigenvalue weighted by Gasteiger charge is -2.17. The monoisotopic (exact) mass is 439 g/mol. The zero-order valence-corrected chi connectivity index (χ0v) is 16.9. The number of aromatic nitrogens is 2. The second-order valence-electron chi connectivity index (χ2n) is 6.39. The van der Waals surface area contributed by atoms with Gasteiger partial charge in [-0.15, -0.1) is 11.3 Å². The number of thiophene rings is 1. The van der Waals surface area contributed by atoms with E-state index in [9.17, 15) is 27.6 Å². The van der Waals surface area contributed by atoms with Crippen LogP contribution in [-0.2, 0) is 15.7 Å². The first kappa shape index (κ1) is 21.5. The zero-order valence-electron chi connectivity index (χ0n) is 16.0. The van der Waals surface area contributed by atoms with E-state index in [1.807, 2.05) is 0 Å². The van der Waals surface area contributed by atoms with E-state index in [0.29, 0.717) is 10.4 Å². The van der Waals surface area contributed by atoms with E-state index in [4.69, 9.17) is 0 Å². The van der Waals surface area contributed by atoms with Gasteiger partial charge in [0.05, 0.1) is 30.1 Å². The van der Waals surface area contributed by atoms with Gasteiger partial charge in [0.1, 0.15) is 15.7 Å². The molecule has 2 aromatic heterocycles. The Balaban J connectivity index is 1.98. The Kier molecular flexibility index (Phi) is 5.66. The van der Waals surface area contributed by atoms with Crippen molar-refractivity contribution in [3.05, 3.63) is 57.0 Å². The van der Waals surface area contributed by atoms with Crippen LogP contribution in [0.2, 0.25) is 0 Å². The van der Waals surface area contributed by atoms with Crippen molar-refractivity contribution in [3.8, 4) is 0 Å². The lowest BCUT2D eigenvalue weighted by molar-refractivity contribution is -0.137. The van der Waals surface area contributed by atoms with E-state index >= 15 is 0 Å². The summed E-state index contributed by atoms with van der Waals surface area (Å²) in [6, 6.07) is 3.39. The third-order valence-corrected chi connectivity index (χ3v) is 5.71. The van der Waals surface area contributed by atoms with E-state index < -0.39 is 40.9 Å². The summed E-state index contributed by atoms with van der Waals surface area (Å²) < 4.78 is 45.1. The number of hydrogen-bond donors (Lipinski definition) is 1. The number of carbonyl (C=O) groups excluding carboxylic acids is 2. The van der Waals surface area contributed by atoms with E-state index in [1.165, 1.54) is 26.2 Å². The summed E-state index contributed by atoms with van der Waals surface area (Å²) in [6.07, 6.45) is -3.52. The van der Waals surface area contributed by atoms with Gasteiger partial charge in [-0.2, -0.15) is 13.2 Å². The largest absolute Gasteiger partial charge is 0.465 e. The highest BCUT2D eigenvalue weighted by Gasteiger charge is 2.34. The topological polar surface area (TPSA) is 90.3 Å². The van der Waals surface area contributed by atoms with Crippen molar-refractivity contribution in [1.29, 1.82) is 0 Å². The maximum absolute atomic E-state index is 13.1. The Morgan fingerprint density at radius 3 is 2.57 bits per heavy atom. The molecule has 0 radical (unpaired) electrons. The molecule has 0 spiro atoms. The molecule has 158 valence electrons. The summed E-state index contributed by atoms with van der Waals surface area (Å²) in [5, 5.41) is 2.37. The molecule has 30 heavy (non-hydrogen) atoms. The fourth-order valence-electron chi connectivity index (χ4n) is 2.90. The molecule has 0 saturated carbocycles. The maximum atomic E-state index is 13.1. The van der Waals surface area contributed by atoms with Gasteiger partial charge in [-0.1, -0.05) is 12.1 Å². The van der Waals surface area contributed by atoms with E-state index in [1.54, 1.807) is 6.92 Å². The number of fused-ring (bicyclic) bond motifs is 1. The van der Waals surface area contributed by atoms with Crippen molar-refractivity contribution in [3.63, 3.8) is 0 Å². The van der Waals surface area contributed by atoms with Crippen LogP contribution in [0.5, 0.6) is 0 Å². The number of carbonyl (C=O) groups is 2. The second-order valence-corrected chi connectivity index (χ2v) is 7.39. The van der Waals surface area contributed by atoms with Crippen LogP contribution in [-0.4, -0.2) is 28.5 Å². The standard InChI is InChI=1S/C19H16F3N3O4S/c1-9-13-16(30-14(9)18(28)29-3)23-8-25(17(13)27)10(2)15(26)24-12-7-5-4-6-11(12)19(20,21)22/h4-8,10H,1-3H3,(H,24,26). The molecule has 1 atom stereocenters. The molecule has 3 rings (SSSR count). The molecule has 0 bridgehead atoms. The lowest BCUT2D eigenvalue weighted by atomic mass is 10.1. The number of amides is 1. The molecule has 1 amide bonds. The number of ether oxygens (including phenoxy) is 1. The van der Waals surface area contributed by atoms with Crippen LogP contribution in [0.1, 0.15) is 33.8 Å². The molecule has 0 aliphatic rings. The Hall–Kier alpha value is -3.21. The minimum absolute atomic E-state index is 0.151. The quantitative estimate of drug-likeness (QED) is 0.625. The molecule has 0 fully saturated rings. The summed E-state index contributed by atoms with van der Waals surface area (Å²) in [6.45, 7) is 2.92. The average molecular weight is 439 g/mol. The minimum Gasteiger partial charge on any atom is -0.465 e. The molecule has 0 saturated heterocycles. The third kappa shape index (κ3) is 3.80. The number of aryl methyl sites for hydroxylation is 1. The van der Waals surface area contributed by atoms with Gasteiger partial charge >= 0.3 is 12.1 Å². The average Bonchev–Trinajstić information content (AvgIpc) is 3.04. The molecule has 11 heteroatoms. The summed E-state index contributed by atoms with van der Waals surface area (Å²) in [5.74, 6) is -1.44. The van der Waals surface area contributed by atoms with Crippen molar-refractivity contribution in [2.45, 2.75) is 26.1 Å². The number of halogens is 3. The van der Waals surface area contributed by atoms with E-state index in [0.717, 1.165) is 34.4 Å². The Morgan fingerprint density at radius 1 is 1.27 bits per heavy atom. The lowest BCUT2D eigenvalue weighted by Crippen LogP contribution is -2.32. The normalized spacial score (nSPS) is 12.6. The molecule has 2 heterocycles. The number of benzene rings is 1. The SMILES string of the molecule is COC(=O)c1sc2ncn(C(C)C(=O)Nc3ccccc3C(F)(F)F)c(=O)c2c1C. The predicted molar refractivity (Wildman–Crippen MR) is 105 cm³/mol. The molecular formula is C19H16F3N3O4S. The molecule has 1 unspecified atom stereocenters. The second kappa shape index (κ2) is 7.90. The van der Waals surface area contributed by atoms with Gasteiger partial charge in [0.15, 0.2) is 0 Å². The third-order valence-electron chi connectivity index (χ3n) is 4.53. The van der Waals surface area contributed by atoms with Gasteiger partial charge in [-0.05, 0) is 31.5 Å². The highest BCUT2D eigenvalue weighted by molar-refractivity contribution is 7.20. The fourth-order valence-corrected chi connectivity index (χ4v) is 3.96. The first-order valence-corrected chi connectivity index (χ1v) is 9.43. The molecule has 0 aliphatic heterocycles. The Morgan fingerprint density at radius 2 is 1.93 bits per heavy atom. The van der Waals surface area contributed by atoms with E-state index in [-0.39, 0.29) is 10.3 Å². The first-order chi connectivity index (χ1) is 14.1. The van der Waals surface area contributed by atoms with Gasteiger partial charge in [-0.3, -0.25) is 14.2 Å². The van der Waals surface area contributed by atoms with Crippen molar-refractivity contribution >= 4 is 39.1 Å². The maximum Gasteiger partial charge on any atom is 0.418 e. The fraction of sp³-hybridized carbons (Fsp3) is 0.263. The first-order valence-electron chi connectivity index (χ1n) is 8.62. The van der Waals surface area contributed by atoms with Crippen molar-refractivity contribution in [1.82, 2.24) is 9.55 Å². The van der Waals surface area contributed by atoms with Gasteiger partial charge in [0.2, 0.25) is 5.91 Å². The number of nitrogens with zero attached hydrogens (tertiary/aromatic N) is 2. The van der Waals surface area contributed by atoms with Gasteiger partial charge in [0, 0.05) is 0 Å². The number of nitrogens with one attached hydrogen (secondary N) is 1. The van der Waals surface area contributed by atoms with Gasteiger partial charge < -0.3 is 10.1 Å². The highest BCUT2D eigenvalue weighted by Crippen LogP contribution is 2.35. The number of anilines is 1. The Labute approximate surface area is 172 Å². The molecule has 0 aliphatic carbocycles. The molecule has 1 aromatic carbocycles. The number of esters is 1. The smallest absolute Gasteiger partial charge is 0.418 e. The molecule has 7 nitrogen and oxygen atoms in total. The summed E-state index contributed by atoms with van der Waals surface area (Å²) >= 11 is 0.982. The number of methoxy groups -OCH3 is 1. The van der Waals surface area contributed by atoms with Gasteiger partial charge in [-0.25, -0.2) is 9.78 Å². The molecule has 3 aromatic rings. The minimum atomic E-state index is -4.65. The van der Waals surface area contributed by atoms with Crippen molar-refractivity contribution < 1.29 is 27.5 Å². The van der Waals surface area contributed by atoms with Crippen LogP contribution < -0.4 is 10.9 Å². The number of hydrogen-bond acceptors (Lipinski definition) is 6. The Bertz CT molecular complexity index is 1200. The summed E-state index contributed by atoms with van der Waals surface area (Å²) in [7, 11) is 1.21. The van der Waals surface area contributed by atoms with Crippen LogP contribution in [0.3, 0.4) is 0 Å². The molecule has 1 N–H and O–H groups in total. The predicted octanol–water partition coefficient (Wildman–Crippen LogP) is 3.77. The summed E-state index contributed by atoms with van der Waals surface area (Å²) in [5.41, 5.74) is -1.63. The summed E-state index contributed by atoms with van der Waals surface area (Å²) in [4.78, 5) is 42.0. The van der Waals surface area contributed by atoms with Crippen LogP contribution in [0.4, 0.5) is 18.9 Å². The zero-order chi connectivity index (χ0) is 22.2. The number of para-hydroxylation sites is 1. The van der Waals surface area contributed by atoms with Crippen LogP contribution in [0, 0.1) is 6.92 Å². The molecular weight excluding hydrogens is 423 g/mol. The van der Waals surface area contributed by atoms with Gasteiger partial charge in [0.25, 0.3) is 5.56 Å². The number of alkyl halides is 3. The van der Waals surface area contributed by atoms with Crippen molar-refractivity contribution in [2.75, 3.05) is 12.4 Å². The van der Waals surface area contributed by atoms with Crippen LogP contribution in [0.25, 0.3) is 10.2 Å². The van der Waals surface area contributed by atoms with Crippen molar-refractivity contribution in [2.24, 2.45) is 0 Å². The highest BCUT2D eigenvalue weighted by atomic mass is 32.1. The van der Waals surface area contributed by atoms with Crippen LogP contribution >= 0.6 is 11.3 Å². The van der Waals surface area contributed by atoms with E-state index in [2.05, 4.69) is 15.0 Å². The van der Waals surface area contributed by atoms with Crippen LogP contribution in [0.15, 0.2) is 35.4 Å².